The van der Waals surface area contributed by atoms with Gasteiger partial charge in [0, 0.05) is 24.0 Å². The van der Waals surface area contributed by atoms with E-state index in [1.807, 2.05) is 0 Å². The zero-order valence-corrected chi connectivity index (χ0v) is 12.5. The van der Waals surface area contributed by atoms with Gasteiger partial charge in [-0.1, -0.05) is 60.7 Å². The molecule has 104 valence electrons. The first-order valence-corrected chi connectivity index (χ1v) is 7.20. The molecule has 3 rings (SSSR count). The van der Waals surface area contributed by atoms with Gasteiger partial charge in [0.25, 0.3) is 0 Å². The smallest absolute Gasteiger partial charge is 0.0487 e. The number of anilines is 2. The van der Waals surface area contributed by atoms with E-state index in [0.29, 0.717) is 0 Å². The first-order valence-electron chi connectivity index (χ1n) is 7.20. The van der Waals surface area contributed by atoms with Crippen molar-refractivity contribution < 1.29 is 0 Å². The zero-order valence-electron chi connectivity index (χ0n) is 12.5. The molecule has 0 aliphatic heterocycles. The number of hydrogen-bond donors (Lipinski definition) is 0. The number of hydrogen-bond acceptors (Lipinski definition) is 1. The predicted molar refractivity (Wildman–Crippen MR) is 91.1 cm³/mol. The lowest BCUT2D eigenvalue weighted by Gasteiger charge is -2.23. The number of benzene rings is 3. The number of para-hydroxylation sites is 1. The molecule has 0 saturated carbocycles. The van der Waals surface area contributed by atoms with E-state index in [-0.39, 0.29) is 0 Å². The summed E-state index contributed by atoms with van der Waals surface area (Å²) in [6.45, 7) is 2.13. The molecule has 0 spiro atoms. The average Bonchev–Trinajstić information content (AvgIpc) is 2.55. The Balaban J connectivity index is 2.07. The molecule has 0 aliphatic rings. The third-order valence-electron chi connectivity index (χ3n) is 3.74. The monoisotopic (exact) mass is 273 g/mol. The molecule has 3 aromatic carbocycles. The molecular weight excluding hydrogens is 254 g/mol. The molecule has 0 saturated heterocycles. The molecule has 0 unspecified atom stereocenters. The molecule has 0 bridgehead atoms. The van der Waals surface area contributed by atoms with Crippen molar-refractivity contribution in [3.63, 3.8) is 0 Å². The van der Waals surface area contributed by atoms with Crippen LogP contribution in [0.5, 0.6) is 0 Å². The van der Waals surface area contributed by atoms with Crippen LogP contribution >= 0.6 is 0 Å². The van der Waals surface area contributed by atoms with Gasteiger partial charge >= 0.3 is 0 Å². The largest absolute Gasteiger partial charge is 0.344 e. The Kier molecular flexibility index (Phi) is 3.74. The predicted octanol–water partition coefficient (Wildman–Crippen LogP) is 5.43. The van der Waals surface area contributed by atoms with Crippen LogP contribution in [0.15, 0.2) is 78.9 Å². The van der Waals surface area contributed by atoms with E-state index in [0.717, 1.165) is 0 Å². The van der Waals surface area contributed by atoms with E-state index >= 15 is 0 Å². The molecule has 0 atom stereocenters. The quantitative estimate of drug-likeness (QED) is 0.615. The van der Waals surface area contributed by atoms with Crippen molar-refractivity contribution in [2.45, 2.75) is 6.92 Å². The van der Waals surface area contributed by atoms with Gasteiger partial charge in [0.15, 0.2) is 0 Å². The van der Waals surface area contributed by atoms with Crippen molar-refractivity contribution >= 4 is 11.4 Å². The minimum absolute atomic E-state index is 1.21. The van der Waals surface area contributed by atoms with Crippen molar-refractivity contribution in [2.24, 2.45) is 0 Å². The first-order chi connectivity index (χ1) is 10.3. The molecule has 3 aromatic rings. The minimum atomic E-state index is 1.21. The third kappa shape index (κ3) is 2.82. The molecule has 1 nitrogen and oxygen atoms in total. The van der Waals surface area contributed by atoms with Crippen LogP contribution in [-0.4, -0.2) is 7.05 Å². The lowest BCUT2D eigenvalue weighted by Crippen LogP contribution is -2.10. The average molecular weight is 273 g/mol. The van der Waals surface area contributed by atoms with Gasteiger partial charge in [0.05, 0.1) is 0 Å². The highest BCUT2D eigenvalue weighted by molar-refractivity contribution is 5.82. The lowest BCUT2D eigenvalue weighted by molar-refractivity contribution is 1.20. The third-order valence-corrected chi connectivity index (χ3v) is 3.74. The van der Waals surface area contributed by atoms with Gasteiger partial charge in [-0.2, -0.15) is 0 Å². The second kappa shape index (κ2) is 5.84. The van der Waals surface area contributed by atoms with Crippen LogP contribution in [0.3, 0.4) is 0 Å². The summed E-state index contributed by atoms with van der Waals surface area (Å²) >= 11 is 0. The molecular formula is C20H19N. The molecule has 21 heavy (non-hydrogen) atoms. The zero-order chi connectivity index (χ0) is 14.7. The molecule has 0 heterocycles. The SMILES string of the molecule is Cc1cccc(N(C)c2ccccc2-c2ccccc2)c1. The van der Waals surface area contributed by atoms with Gasteiger partial charge in [0.1, 0.15) is 0 Å². The second-order valence-electron chi connectivity index (χ2n) is 5.28. The maximum Gasteiger partial charge on any atom is 0.0487 e. The Morgan fingerprint density at radius 1 is 0.714 bits per heavy atom. The number of rotatable bonds is 3. The second-order valence-corrected chi connectivity index (χ2v) is 5.28. The summed E-state index contributed by atoms with van der Waals surface area (Å²) in [5.41, 5.74) is 6.19. The molecule has 0 radical (unpaired) electrons. The molecule has 0 aliphatic carbocycles. The maximum atomic E-state index is 2.25. The van der Waals surface area contributed by atoms with Gasteiger partial charge in [-0.3, -0.25) is 0 Å². The van der Waals surface area contributed by atoms with Crippen molar-refractivity contribution in [1.29, 1.82) is 0 Å². The minimum Gasteiger partial charge on any atom is -0.344 e. The number of aryl methyl sites for hydroxylation is 1. The van der Waals surface area contributed by atoms with Gasteiger partial charge in [-0.25, -0.2) is 0 Å². The maximum absolute atomic E-state index is 2.25. The Hall–Kier alpha value is -2.54. The van der Waals surface area contributed by atoms with E-state index in [1.165, 1.54) is 28.1 Å². The normalized spacial score (nSPS) is 10.4. The fraction of sp³-hybridized carbons (Fsp3) is 0.100. The Labute approximate surface area is 126 Å². The molecule has 0 amide bonds. The van der Waals surface area contributed by atoms with Gasteiger partial charge in [0.2, 0.25) is 0 Å². The topological polar surface area (TPSA) is 3.24 Å². The van der Waals surface area contributed by atoms with E-state index in [1.54, 1.807) is 0 Å². The number of nitrogens with zero attached hydrogens (tertiary/aromatic N) is 1. The highest BCUT2D eigenvalue weighted by Gasteiger charge is 2.10. The summed E-state index contributed by atoms with van der Waals surface area (Å²) in [5, 5.41) is 0. The summed E-state index contributed by atoms with van der Waals surface area (Å²) < 4.78 is 0. The summed E-state index contributed by atoms with van der Waals surface area (Å²) in [7, 11) is 2.12. The summed E-state index contributed by atoms with van der Waals surface area (Å²) in [6.07, 6.45) is 0. The molecule has 0 N–H and O–H groups in total. The first kappa shape index (κ1) is 13.4. The fourth-order valence-electron chi connectivity index (χ4n) is 2.60. The highest BCUT2D eigenvalue weighted by atomic mass is 15.1. The molecule has 1 heteroatoms. The van der Waals surface area contributed by atoms with Crippen LogP contribution in [0.1, 0.15) is 5.56 Å². The van der Waals surface area contributed by atoms with Crippen molar-refractivity contribution in [3.05, 3.63) is 84.4 Å². The van der Waals surface area contributed by atoms with Gasteiger partial charge < -0.3 is 4.90 Å². The fourth-order valence-corrected chi connectivity index (χ4v) is 2.60. The standard InChI is InChI=1S/C20H19N/c1-16-9-8-12-18(15-16)21(2)20-14-7-6-13-19(20)17-10-4-3-5-11-17/h3-15H,1-2H3. The van der Waals surface area contributed by atoms with E-state index < -0.39 is 0 Å². The van der Waals surface area contributed by atoms with Crippen LogP contribution in [0, 0.1) is 6.92 Å². The molecule has 0 aromatic heterocycles. The van der Waals surface area contributed by atoms with Crippen LogP contribution in [0.25, 0.3) is 11.1 Å². The van der Waals surface area contributed by atoms with Gasteiger partial charge in [-0.05, 0) is 36.2 Å². The Bertz CT molecular complexity index is 732. The Morgan fingerprint density at radius 2 is 1.43 bits per heavy atom. The van der Waals surface area contributed by atoms with Gasteiger partial charge in [-0.15, -0.1) is 0 Å². The summed E-state index contributed by atoms with van der Waals surface area (Å²) in [6, 6.07) is 27.6. The lowest BCUT2D eigenvalue weighted by atomic mass is 10.0. The molecule has 0 fully saturated rings. The van der Waals surface area contributed by atoms with Crippen LogP contribution in [-0.2, 0) is 0 Å². The highest BCUT2D eigenvalue weighted by Crippen LogP contribution is 2.34. The van der Waals surface area contributed by atoms with Crippen molar-refractivity contribution in [3.8, 4) is 11.1 Å². The van der Waals surface area contributed by atoms with Crippen molar-refractivity contribution in [1.82, 2.24) is 0 Å². The summed E-state index contributed by atoms with van der Waals surface area (Å²) in [5.74, 6) is 0. The van der Waals surface area contributed by atoms with E-state index in [9.17, 15) is 0 Å². The van der Waals surface area contributed by atoms with E-state index in [2.05, 4.69) is 97.7 Å². The van der Waals surface area contributed by atoms with Crippen LogP contribution < -0.4 is 4.90 Å². The Morgan fingerprint density at radius 3 is 2.19 bits per heavy atom. The van der Waals surface area contributed by atoms with Crippen molar-refractivity contribution in [2.75, 3.05) is 11.9 Å². The van der Waals surface area contributed by atoms with E-state index in [4.69, 9.17) is 0 Å². The van der Waals surface area contributed by atoms with Crippen LogP contribution in [0.4, 0.5) is 11.4 Å². The summed E-state index contributed by atoms with van der Waals surface area (Å²) in [4.78, 5) is 2.25. The van der Waals surface area contributed by atoms with Crippen LogP contribution in [0.2, 0.25) is 0 Å².